The Bertz CT molecular complexity index is 882. The number of amides is 2. The van der Waals surface area contributed by atoms with Gasteiger partial charge in [0.25, 0.3) is 0 Å². The second kappa shape index (κ2) is 10.1. The van der Waals surface area contributed by atoms with Crippen molar-refractivity contribution in [2.24, 2.45) is 0 Å². The second-order valence-corrected chi connectivity index (χ2v) is 7.90. The highest BCUT2D eigenvalue weighted by atomic mass is 32.2. The Labute approximate surface area is 166 Å². The van der Waals surface area contributed by atoms with Gasteiger partial charge < -0.3 is 19.1 Å². The number of carbonyl (C=O) groups excluding carboxylic acids is 1. The normalized spacial score (nSPS) is 11.1. The Hall–Kier alpha value is -2.58. The van der Waals surface area contributed by atoms with Crippen molar-refractivity contribution in [3.63, 3.8) is 0 Å². The molecule has 0 heterocycles. The minimum absolute atomic E-state index is 0.210. The van der Waals surface area contributed by atoms with Crippen LogP contribution < -0.4 is 9.50 Å². The van der Waals surface area contributed by atoms with Crippen LogP contribution in [0.25, 0.3) is 0 Å². The number of nitrogens with zero attached hydrogens (tertiary/aromatic N) is 1. The maximum Gasteiger partial charge on any atom is 0.322 e. The molecule has 0 saturated carbocycles. The van der Waals surface area contributed by atoms with Gasteiger partial charge >= 0.3 is 16.1 Å². The molecule has 152 valence electrons. The molecule has 0 saturated heterocycles. The van der Waals surface area contributed by atoms with E-state index in [4.69, 9.17) is 8.92 Å². The van der Waals surface area contributed by atoms with Gasteiger partial charge in [-0.05, 0) is 41.8 Å². The molecule has 28 heavy (non-hydrogen) atoms. The van der Waals surface area contributed by atoms with Crippen LogP contribution in [0.15, 0.2) is 48.5 Å². The summed E-state index contributed by atoms with van der Waals surface area (Å²) in [5.41, 5.74) is 2.64. The number of benzene rings is 2. The monoisotopic (exact) mass is 406 g/mol. The van der Waals surface area contributed by atoms with Gasteiger partial charge in [0.05, 0.1) is 12.9 Å². The van der Waals surface area contributed by atoms with Crippen LogP contribution in [0.4, 0.5) is 10.5 Å². The van der Waals surface area contributed by atoms with Gasteiger partial charge in [0, 0.05) is 25.9 Å². The molecule has 0 aliphatic rings. The lowest BCUT2D eigenvalue weighted by molar-refractivity contribution is 0.153. The average Bonchev–Trinajstić information content (AvgIpc) is 2.64. The van der Waals surface area contributed by atoms with Crippen molar-refractivity contribution < 1.29 is 22.1 Å². The Balaban J connectivity index is 2.11. The first-order chi connectivity index (χ1) is 13.3. The van der Waals surface area contributed by atoms with Crippen molar-refractivity contribution in [2.75, 3.05) is 31.8 Å². The molecule has 0 aromatic heterocycles. The zero-order valence-corrected chi connectivity index (χ0v) is 17.2. The Morgan fingerprint density at radius 3 is 2.43 bits per heavy atom. The Kier molecular flexibility index (Phi) is 7.83. The molecule has 7 nitrogen and oxygen atoms in total. The third kappa shape index (κ3) is 7.21. The van der Waals surface area contributed by atoms with Crippen molar-refractivity contribution in [1.82, 2.24) is 4.90 Å². The van der Waals surface area contributed by atoms with E-state index in [1.54, 1.807) is 36.3 Å². The third-order valence-electron chi connectivity index (χ3n) is 3.99. The maximum atomic E-state index is 12.7. The zero-order valence-electron chi connectivity index (χ0n) is 16.3. The van der Waals surface area contributed by atoms with Crippen LogP contribution in [-0.4, -0.2) is 45.9 Å². The molecular weight excluding hydrogens is 380 g/mol. The fourth-order valence-electron chi connectivity index (χ4n) is 2.57. The SMILES string of the molecule is CCc1ccc(NC(=O)N(CCOC)Cc2cccc(OS(C)(=O)=O)c2)cc1. The fraction of sp³-hybridized carbons (Fsp3) is 0.350. The van der Waals surface area contributed by atoms with E-state index < -0.39 is 10.1 Å². The maximum absolute atomic E-state index is 12.7. The number of hydrogen-bond donors (Lipinski definition) is 1. The van der Waals surface area contributed by atoms with Gasteiger partial charge in [-0.1, -0.05) is 31.2 Å². The standard InChI is InChI=1S/C20H26N2O5S/c1-4-16-8-10-18(11-9-16)21-20(23)22(12-13-26-2)15-17-6-5-7-19(14-17)27-28(3,24)25/h5-11,14H,4,12-13,15H2,1-3H3,(H,21,23). The summed E-state index contributed by atoms with van der Waals surface area (Å²) in [5, 5.41) is 2.88. The van der Waals surface area contributed by atoms with Crippen LogP contribution in [0.2, 0.25) is 0 Å². The lowest BCUT2D eigenvalue weighted by atomic mass is 10.1. The van der Waals surface area contributed by atoms with E-state index in [2.05, 4.69) is 12.2 Å². The van der Waals surface area contributed by atoms with E-state index in [9.17, 15) is 13.2 Å². The summed E-state index contributed by atoms with van der Waals surface area (Å²) in [4.78, 5) is 14.3. The summed E-state index contributed by atoms with van der Waals surface area (Å²) in [6.07, 6.45) is 1.92. The highest BCUT2D eigenvalue weighted by molar-refractivity contribution is 7.86. The Morgan fingerprint density at radius 1 is 1.11 bits per heavy atom. The first kappa shape index (κ1) is 21.7. The van der Waals surface area contributed by atoms with Gasteiger partial charge in [-0.15, -0.1) is 0 Å². The van der Waals surface area contributed by atoms with Gasteiger partial charge in [0.1, 0.15) is 5.75 Å². The van der Waals surface area contributed by atoms with Crippen molar-refractivity contribution in [3.05, 3.63) is 59.7 Å². The minimum Gasteiger partial charge on any atom is -0.383 e. The Morgan fingerprint density at radius 2 is 1.82 bits per heavy atom. The molecule has 2 rings (SSSR count). The number of aryl methyl sites for hydroxylation is 1. The van der Waals surface area contributed by atoms with Crippen molar-refractivity contribution in [1.29, 1.82) is 0 Å². The quantitative estimate of drug-likeness (QED) is 0.646. The molecule has 2 amide bonds. The van der Waals surface area contributed by atoms with Crippen LogP contribution in [0, 0.1) is 0 Å². The fourth-order valence-corrected chi connectivity index (χ4v) is 3.02. The molecule has 0 unspecified atom stereocenters. The highest BCUT2D eigenvalue weighted by Crippen LogP contribution is 2.17. The van der Waals surface area contributed by atoms with Gasteiger partial charge in [-0.3, -0.25) is 0 Å². The summed E-state index contributed by atoms with van der Waals surface area (Å²) in [6.45, 7) is 3.11. The van der Waals surface area contributed by atoms with Gasteiger partial charge in [0.2, 0.25) is 0 Å². The number of carbonyl (C=O) groups is 1. The zero-order chi connectivity index (χ0) is 20.6. The smallest absolute Gasteiger partial charge is 0.322 e. The van der Waals surface area contributed by atoms with E-state index in [0.29, 0.717) is 18.8 Å². The van der Waals surface area contributed by atoms with Crippen LogP contribution in [0.3, 0.4) is 0 Å². The van der Waals surface area contributed by atoms with Crippen molar-refractivity contribution in [2.45, 2.75) is 19.9 Å². The molecule has 2 aromatic carbocycles. The molecule has 2 aromatic rings. The van der Waals surface area contributed by atoms with Crippen molar-refractivity contribution >= 4 is 21.8 Å². The number of anilines is 1. The number of nitrogens with one attached hydrogen (secondary N) is 1. The second-order valence-electron chi connectivity index (χ2n) is 6.33. The summed E-state index contributed by atoms with van der Waals surface area (Å²) in [7, 11) is -2.04. The predicted octanol–water partition coefficient (Wildman–Crippen LogP) is 3.27. The van der Waals surface area contributed by atoms with Crippen LogP contribution in [0.5, 0.6) is 5.75 Å². The molecule has 0 atom stereocenters. The van der Waals surface area contributed by atoms with Crippen LogP contribution in [0.1, 0.15) is 18.1 Å². The molecule has 8 heteroatoms. The molecule has 0 radical (unpaired) electrons. The van der Waals surface area contributed by atoms with E-state index in [-0.39, 0.29) is 18.3 Å². The number of hydrogen-bond acceptors (Lipinski definition) is 5. The molecular formula is C20H26N2O5S. The van der Waals surface area contributed by atoms with Crippen LogP contribution >= 0.6 is 0 Å². The molecule has 0 aliphatic heterocycles. The molecule has 1 N–H and O–H groups in total. The predicted molar refractivity (Wildman–Crippen MR) is 109 cm³/mol. The van der Waals surface area contributed by atoms with E-state index in [1.807, 2.05) is 24.3 Å². The van der Waals surface area contributed by atoms with Gasteiger partial charge in [0.15, 0.2) is 0 Å². The topological polar surface area (TPSA) is 84.9 Å². The first-order valence-electron chi connectivity index (χ1n) is 8.93. The van der Waals surface area contributed by atoms with Crippen molar-refractivity contribution in [3.8, 4) is 5.75 Å². The number of rotatable bonds is 9. The minimum atomic E-state index is -3.61. The number of methoxy groups -OCH3 is 1. The lowest BCUT2D eigenvalue weighted by Crippen LogP contribution is -2.36. The molecule has 0 spiro atoms. The van der Waals surface area contributed by atoms with Gasteiger partial charge in [-0.25, -0.2) is 4.79 Å². The van der Waals surface area contributed by atoms with Gasteiger partial charge in [-0.2, -0.15) is 8.42 Å². The number of ether oxygens (including phenoxy) is 1. The van der Waals surface area contributed by atoms with E-state index >= 15 is 0 Å². The van der Waals surface area contributed by atoms with E-state index in [1.165, 1.54) is 5.56 Å². The number of urea groups is 1. The highest BCUT2D eigenvalue weighted by Gasteiger charge is 2.15. The molecule has 0 fully saturated rings. The van der Waals surface area contributed by atoms with Crippen LogP contribution in [-0.2, 0) is 27.8 Å². The summed E-state index contributed by atoms with van der Waals surface area (Å²) in [6, 6.07) is 14.1. The lowest BCUT2D eigenvalue weighted by Gasteiger charge is -2.23. The average molecular weight is 407 g/mol. The first-order valence-corrected chi connectivity index (χ1v) is 10.7. The third-order valence-corrected chi connectivity index (χ3v) is 4.48. The summed E-state index contributed by atoms with van der Waals surface area (Å²) >= 11 is 0. The summed E-state index contributed by atoms with van der Waals surface area (Å²) in [5.74, 6) is 0.210. The van der Waals surface area contributed by atoms with E-state index in [0.717, 1.165) is 18.2 Å². The molecule has 0 bridgehead atoms. The largest absolute Gasteiger partial charge is 0.383 e. The summed E-state index contributed by atoms with van der Waals surface area (Å²) < 4.78 is 32.7. The molecule has 0 aliphatic carbocycles.